The summed E-state index contributed by atoms with van der Waals surface area (Å²) in [5.74, 6) is 0. The van der Waals surface area contributed by atoms with Crippen molar-refractivity contribution in [2.45, 2.75) is 6.92 Å². The van der Waals surface area contributed by atoms with Crippen LogP contribution in [-0.2, 0) is 10.2 Å². The maximum Gasteiger partial charge on any atom is 0.282 e. The highest BCUT2D eigenvalue weighted by molar-refractivity contribution is 7.87. The monoisotopic (exact) mass is 163 g/mol. The van der Waals surface area contributed by atoms with Crippen LogP contribution in [0.5, 0.6) is 0 Å². The van der Waals surface area contributed by atoms with E-state index in [1.807, 2.05) is 0 Å². The standard InChI is InChI=1S/C5H11N2O2S/c1-3-7-5-4-6(2)10(7,8)9/h3H,4-5H2,1-2H3. The fourth-order valence-electron chi connectivity index (χ4n) is 0.911. The predicted octanol–water partition coefficient (Wildman–Crippen LogP) is -0.340. The smallest absolute Gasteiger partial charge is 0.195 e. The predicted molar refractivity (Wildman–Crippen MR) is 38.2 cm³/mol. The Morgan fingerprint density at radius 2 is 2.00 bits per heavy atom. The Balaban J connectivity index is 2.85. The minimum Gasteiger partial charge on any atom is -0.195 e. The average molecular weight is 163 g/mol. The molecular formula is C5H11N2O2S. The van der Waals surface area contributed by atoms with Crippen LogP contribution in [-0.4, -0.2) is 37.2 Å². The largest absolute Gasteiger partial charge is 0.282 e. The molecule has 0 aromatic rings. The van der Waals surface area contributed by atoms with Crippen LogP contribution >= 0.6 is 0 Å². The maximum absolute atomic E-state index is 11.1. The lowest BCUT2D eigenvalue weighted by Crippen LogP contribution is -2.28. The summed E-state index contributed by atoms with van der Waals surface area (Å²) in [7, 11) is -1.52. The normalized spacial score (nSPS) is 27.4. The van der Waals surface area contributed by atoms with Gasteiger partial charge >= 0.3 is 0 Å². The molecule has 5 heteroatoms. The van der Waals surface area contributed by atoms with E-state index in [1.165, 1.54) is 8.61 Å². The summed E-state index contributed by atoms with van der Waals surface area (Å²) in [4.78, 5) is 0. The highest BCUT2D eigenvalue weighted by Crippen LogP contribution is 2.14. The van der Waals surface area contributed by atoms with Gasteiger partial charge in [0.05, 0.1) is 0 Å². The van der Waals surface area contributed by atoms with E-state index in [9.17, 15) is 8.42 Å². The van der Waals surface area contributed by atoms with Crippen LogP contribution in [0.3, 0.4) is 0 Å². The van der Waals surface area contributed by atoms with E-state index in [0.29, 0.717) is 13.1 Å². The van der Waals surface area contributed by atoms with E-state index in [1.54, 1.807) is 20.5 Å². The molecule has 10 heavy (non-hydrogen) atoms. The molecule has 0 atom stereocenters. The van der Waals surface area contributed by atoms with E-state index in [2.05, 4.69) is 0 Å². The summed E-state index contributed by atoms with van der Waals surface area (Å²) in [5, 5.41) is 0. The molecule has 0 unspecified atom stereocenters. The SMILES string of the molecule is C[CH]N1CCN(C)S1(=O)=O. The maximum atomic E-state index is 11.1. The molecule has 0 spiro atoms. The number of rotatable bonds is 1. The van der Waals surface area contributed by atoms with E-state index >= 15 is 0 Å². The third-order valence-corrected chi connectivity index (χ3v) is 3.57. The molecule has 4 nitrogen and oxygen atoms in total. The first kappa shape index (κ1) is 7.97. The van der Waals surface area contributed by atoms with Gasteiger partial charge in [0.1, 0.15) is 0 Å². The minimum atomic E-state index is -3.10. The summed E-state index contributed by atoms with van der Waals surface area (Å²) in [6, 6.07) is 0. The number of nitrogens with zero attached hydrogens (tertiary/aromatic N) is 2. The van der Waals surface area contributed by atoms with Gasteiger partial charge in [-0.3, -0.25) is 0 Å². The second-order valence-electron chi connectivity index (χ2n) is 2.20. The van der Waals surface area contributed by atoms with E-state index in [4.69, 9.17) is 0 Å². The minimum absolute atomic E-state index is 0.579. The zero-order valence-electron chi connectivity index (χ0n) is 6.11. The summed E-state index contributed by atoms with van der Waals surface area (Å²) in [5.41, 5.74) is 0. The molecule has 0 N–H and O–H groups in total. The quantitative estimate of drug-likeness (QED) is 0.530. The second kappa shape index (κ2) is 2.48. The number of hydrogen-bond donors (Lipinski definition) is 0. The first-order valence-electron chi connectivity index (χ1n) is 3.11. The van der Waals surface area contributed by atoms with Crippen molar-refractivity contribution >= 4 is 10.2 Å². The van der Waals surface area contributed by atoms with Gasteiger partial charge in [0, 0.05) is 26.7 Å². The van der Waals surface area contributed by atoms with E-state index < -0.39 is 10.2 Å². The molecule has 1 rings (SSSR count). The molecule has 1 fully saturated rings. The van der Waals surface area contributed by atoms with Gasteiger partial charge in [-0.2, -0.15) is 17.0 Å². The molecule has 59 valence electrons. The van der Waals surface area contributed by atoms with Crippen molar-refractivity contribution in [3.63, 3.8) is 0 Å². The lowest BCUT2D eigenvalue weighted by atomic mass is 10.6. The van der Waals surface area contributed by atoms with Crippen LogP contribution in [0.25, 0.3) is 0 Å². The van der Waals surface area contributed by atoms with Crippen molar-refractivity contribution in [3.05, 3.63) is 6.54 Å². The van der Waals surface area contributed by atoms with Crippen LogP contribution in [0.1, 0.15) is 6.92 Å². The molecule has 1 aliphatic rings. The van der Waals surface area contributed by atoms with Crippen molar-refractivity contribution in [1.29, 1.82) is 0 Å². The summed E-state index contributed by atoms with van der Waals surface area (Å²) < 4.78 is 25.0. The van der Waals surface area contributed by atoms with Gasteiger partial charge < -0.3 is 0 Å². The van der Waals surface area contributed by atoms with Gasteiger partial charge in [0.2, 0.25) is 0 Å². The molecule has 1 heterocycles. The Labute approximate surface area is 61.6 Å². The Morgan fingerprint density at radius 3 is 2.20 bits per heavy atom. The van der Waals surface area contributed by atoms with Crippen LogP contribution < -0.4 is 0 Å². The van der Waals surface area contributed by atoms with Crippen LogP contribution in [0.2, 0.25) is 0 Å². The highest BCUT2D eigenvalue weighted by Gasteiger charge is 2.32. The molecular weight excluding hydrogens is 152 g/mol. The molecule has 0 aromatic heterocycles. The summed E-state index contributed by atoms with van der Waals surface area (Å²) in [6.07, 6.45) is 0. The highest BCUT2D eigenvalue weighted by atomic mass is 32.2. The molecule has 1 aliphatic heterocycles. The zero-order chi connectivity index (χ0) is 7.78. The fourth-order valence-corrected chi connectivity index (χ4v) is 2.16. The fraction of sp³-hybridized carbons (Fsp3) is 0.800. The zero-order valence-corrected chi connectivity index (χ0v) is 6.93. The molecule has 0 aromatic carbocycles. The molecule has 1 radical (unpaired) electrons. The molecule has 0 bridgehead atoms. The van der Waals surface area contributed by atoms with Gasteiger partial charge in [-0.1, -0.05) is 0 Å². The third kappa shape index (κ3) is 1.04. The van der Waals surface area contributed by atoms with Gasteiger partial charge in [-0.15, -0.1) is 0 Å². The van der Waals surface area contributed by atoms with Gasteiger partial charge in [0.15, 0.2) is 0 Å². The first-order chi connectivity index (χ1) is 4.59. The number of hydrogen-bond acceptors (Lipinski definition) is 2. The topological polar surface area (TPSA) is 40.6 Å². The van der Waals surface area contributed by atoms with Crippen LogP contribution in [0.4, 0.5) is 0 Å². The van der Waals surface area contributed by atoms with Gasteiger partial charge in [0.25, 0.3) is 10.2 Å². The Kier molecular flexibility index (Phi) is 1.98. The first-order valence-corrected chi connectivity index (χ1v) is 4.51. The van der Waals surface area contributed by atoms with Crippen LogP contribution in [0.15, 0.2) is 0 Å². The number of likely N-dealkylation sites (N-methyl/N-ethyl adjacent to an activating group) is 1. The van der Waals surface area contributed by atoms with Crippen molar-refractivity contribution in [2.24, 2.45) is 0 Å². The lowest BCUT2D eigenvalue weighted by molar-refractivity contribution is 0.495. The molecule has 1 saturated heterocycles. The average Bonchev–Trinajstić information content (AvgIpc) is 2.10. The summed E-state index contributed by atoms with van der Waals surface area (Å²) in [6.45, 7) is 4.47. The lowest BCUT2D eigenvalue weighted by Gasteiger charge is -2.11. The molecule has 0 aliphatic carbocycles. The van der Waals surface area contributed by atoms with Gasteiger partial charge in [-0.05, 0) is 6.92 Å². The Hall–Kier alpha value is -0.130. The Bertz CT molecular complexity index is 212. The van der Waals surface area contributed by atoms with Crippen molar-refractivity contribution in [1.82, 2.24) is 8.61 Å². The summed E-state index contributed by atoms with van der Waals surface area (Å²) >= 11 is 0. The Morgan fingerprint density at radius 1 is 1.40 bits per heavy atom. The van der Waals surface area contributed by atoms with Crippen molar-refractivity contribution in [3.8, 4) is 0 Å². The van der Waals surface area contributed by atoms with Crippen molar-refractivity contribution < 1.29 is 8.42 Å². The van der Waals surface area contributed by atoms with Gasteiger partial charge in [-0.25, -0.2) is 0 Å². The second-order valence-corrected chi connectivity index (χ2v) is 4.19. The molecule has 0 amide bonds. The van der Waals surface area contributed by atoms with Crippen molar-refractivity contribution in [2.75, 3.05) is 20.1 Å². The third-order valence-electron chi connectivity index (χ3n) is 1.61. The molecule has 0 saturated carbocycles. The van der Waals surface area contributed by atoms with E-state index in [-0.39, 0.29) is 0 Å². The van der Waals surface area contributed by atoms with E-state index in [0.717, 1.165) is 0 Å². The van der Waals surface area contributed by atoms with Crippen LogP contribution in [0, 0.1) is 6.54 Å².